The number of hydrogen-bond donors (Lipinski definition) is 1. The molecule has 6 atom stereocenters. The minimum atomic E-state index is -0.345. The molecule has 6 rings (SSSR count). The fourth-order valence-electron chi connectivity index (χ4n) is 6.38. The Morgan fingerprint density at radius 2 is 1.79 bits per heavy atom. The molecule has 0 bridgehead atoms. The molecule has 6 heterocycles. The maximum Gasteiger partial charge on any atom is 0.191 e. The summed E-state index contributed by atoms with van der Waals surface area (Å²) in [5, 5.41) is 11.1. The van der Waals surface area contributed by atoms with Crippen molar-refractivity contribution in [3.8, 4) is 0 Å². The number of hydrogen-bond acceptors (Lipinski definition) is 8. The van der Waals surface area contributed by atoms with E-state index in [1.165, 1.54) is 19.3 Å². The summed E-state index contributed by atoms with van der Waals surface area (Å²) in [6.45, 7) is 5.64. The Balaban J connectivity index is 1.45. The van der Waals surface area contributed by atoms with Crippen LogP contribution in [0.3, 0.4) is 0 Å². The van der Waals surface area contributed by atoms with Gasteiger partial charge in [0.05, 0.1) is 18.8 Å². The molecule has 5 fully saturated rings. The molecule has 6 unspecified atom stereocenters. The second-order valence-corrected chi connectivity index (χ2v) is 9.23. The Labute approximate surface area is 173 Å². The first kappa shape index (κ1) is 18.8. The third-order valence-corrected chi connectivity index (χ3v) is 7.66. The van der Waals surface area contributed by atoms with Gasteiger partial charge in [-0.15, -0.1) is 0 Å². The summed E-state index contributed by atoms with van der Waals surface area (Å²) in [5.74, 6) is 0.301. The molecule has 5 saturated heterocycles. The summed E-state index contributed by atoms with van der Waals surface area (Å²) < 4.78 is 25.1. The van der Waals surface area contributed by atoms with E-state index in [1.807, 2.05) is 6.20 Å². The summed E-state index contributed by atoms with van der Waals surface area (Å²) in [7, 11) is 0. The average molecular weight is 407 g/mol. The van der Waals surface area contributed by atoms with Gasteiger partial charge < -0.3 is 24.3 Å². The number of nitrogens with zero attached hydrogens (tertiary/aromatic N) is 3. The van der Waals surface area contributed by atoms with E-state index in [4.69, 9.17) is 18.9 Å². The molecule has 0 saturated carbocycles. The second-order valence-electron chi connectivity index (χ2n) is 9.23. The Morgan fingerprint density at radius 3 is 2.45 bits per heavy atom. The molecule has 6 aliphatic rings. The van der Waals surface area contributed by atoms with Crippen molar-refractivity contribution in [1.29, 1.82) is 0 Å². The van der Waals surface area contributed by atoms with Crippen LogP contribution in [0.2, 0.25) is 0 Å². The summed E-state index contributed by atoms with van der Waals surface area (Å²) in [6, 6.07) is 0. The highest BCUT2D eigenvalue weighted by Gasteiger charge is 2.69. The van der Waals surface area contributed by atoms with Crippen molar-refractivity contribution < 1.29 is 18.9 Å². The molecule has 162 valence electrons. The molecule has 6 aliphatic heterocycles. The van der Waals surface area contributed by atoms with E-state index >= 15 is 0 Å². The number of nitrogens with one attached hydrogen (secondary N) is 1. The van der Waals surface area contributed by atoms with E-state index in [-0.39, 0.29) is 30.2 Å². The normalized spacial score (nSPS) is 46.3. The van der Waals surface area contributed by atoms with Gasteiger partial charge in [-0.2, -0.15) is 10.1 Å². The van der Waals surface area contributed by atoms with Gasteiger partial charge in [0.1, 0.15) is 18.0 Å². The quantitative estimate of drug-likeness (QED) is 0.688. The van der Waals surface area contributed by atoms with Crippen LogP contribution in [-0.2, 0) is 18.9 Å². The smallest absolute Gasteiger partial charge is 0.191 e. The number of hydrazine groups is 2. The fourth-order valence-corrected chi connectivity index (χ4v) is 6.38. The molecule has 0 spiro atoms. The van der Waals surface area contributed by atoms with E-state index in [0.717, 1.165) is 65.1 Å². The van der Waals surface area contributed by atoms with E-state index in [2.05, 4.69) is 20.5 Å². The molecule has 0 aromatic rings. The molecule has 0 amide bonds. The van der Waals surface area contributed by atoms with Crippen molar-refractivity contribution in [2.45, 2.75) is 75.1 Å². The summed E-state index contributed by atoms with van der Waals surface area (Å²) >= 11 is 0. The second kappa shape index (κ2) is 7.66. The first-order valence-corrected chi connectivity index (χ1v) is 11.6. The average Bonchev–Trinajstić information content (AvgIpc) is 3.29. The van der Waals surface area contributed by atoms with Crippen LogP contribution in [0, 0.1) is 5.92 Å². The highest BCUT2D eigenvalue weighted by Crippen LogP contribution is 2.51. The van der Waals surface area contributed by atoms with Crippen LogP contribution in [-0.4, -0.2) is 84.8 Å². The van der Waals surface area contributed by atoms with E-state index < -0.39 is 0 Å². The highest BCUT2D eigenvalue weighted by molar-refractivity contribution is 5.16. The first-order valence-electron chi connectivity index (χ1n) is 11.6. The number of ether oxygens (including phenoxy) is 4. The summed E-state index contributed by atoms with van der Waals surface area (Å²) in [6.07, 6.45) is 12.2. The Bertz CT molecular complexity index is 606. The van der Waals surface area contributed by atoms with Crippen LogP contribution in [0.5, 0.6) is 0 Å². The standard InChI is InChI=1S/C21H34N4O4/c1-4-11-27-18(7-1)21(20-22-8-13-28-20)16(17-6-5-12-26-17)14-24(23-9-2-3-10-23)25(21)19-15-29-19/h8,13,16-20,22H,1-7,9-12,14-15H2. The Hall–Kier alpha value is -0.900. The van der Waals surface area contributed by atoms with E-state index in [1.54, 1.807) is 6.26 Å². The van der Waals surface area contributed by atoms with Crippen molar-refractivity contribution >= 4 is 0 Å². The Kier molecular flexibility index (Phi) is 4.97. The van der Waals surface area contributed by atoms with Crippen molar-refractivity contribution in [1.82, 2.24) is 20.5 Å². The van der Waals surface area contributed by atoms with E-state index in [9.17, 15) is 0 Å². The van der Waals surface area contributed by atoms with Crippen LogP contribution >= 0.6 is 0 Å². The lowest BCUT2D eigenvalue weighted by Crippen LogP contribution is -2.72. The molecule has 8 nitrogen and oxygen atoms in total. The zero-order valence-electron chi connectivity index (χ0n) is 17.2. The number of rotatable bonds is 5. The van der Waals surface area contributed by atoms with Crippen LogP contribution < -0.4 is 5.32 Å². The predicted octanol–water partition coefficient (Wildman–Crippen LogP) is 1.41. The summed E-state index contributed by atoms with van der Waals surface area (Å²) in [5.41, 5.74) is -0.345. The van der Waals surface area contributed by atoms with Gasteiger partial charge >= 0.3 is 0 Å². The maximum atomic E-state index is 6.54. The van der Waals surface area contributed by atoms with Gasteiger partial charge in [-0.3, -0.25) is 0 Å². The zero-order chi connectivity index (χ0) is 19.3. The lowest BCUT2D eigenvalue weighted by molar-refractivity contribution is -0.253. The third-order valence-electron chi connectivity index (χ3n) is 7.66. The zero-order valence-corrected chi connectivity index (χ0v) is 17.2. The lowest BCUT2D eigenvalue weighted by Gasteiger charge is -2.52. The minimum Gasteiger partial charge on any atom is -0.475 e. The van der Waals surface area contributed by atoms with Crippen molar-refractivity contribution in [3.05, 3.63) is 12.5 Å². The molecule has 29 heavy (non-hydrogen) atoms. The summed E-state index contributed by atoms with van der Waals surface area (Å²) in [4.78, 5) is 0. The van der Waals surface area contributed by atoms with Gasteiger partial charge in [0, 0.05) is 45.0 Å². The van der Waals surface area contributed by atoms with Gasteiger partial charge in [0.25, 0.3) is 0 Å². The predicted molar refractivity (Wildman–Crippen MR) is 105 cm³/mol. The van der Waals surface area contributed by atoms with Gasteiger partial charge in [-0.25, -0.2) is 5.01 Å². The van der Waals surface area contributed by atoms with Gasteiger partial charge in [-0.1, -0.05) is 0 Å². The minimum absolute atomic E-state index is 0.0959. The molecule has 0 aliphatic carbocycles. The monoisotopic (exact) mass is 406 g/mol. The SMILES string of the molecule is C1=COC(C2(C3CCCCO3)C(C3CCCO3)CN(N3CCCC3)N2C2CO2)N1. The maximum absolute atomic E-state index is 6.54. The molecular weight excluding hydrogens is 372 g/mol. The van der Waals surface area contributed by atoms with Crippen molar-refractivity contribution in [3.63, 3.8) is 0 Å². The van der Waals surface area contributed by atoms with Crippen molar-refractivity contribution in [2.75, 3.05) is 39.5 Å². The molecule has 0 radical (unpaired) electrons. The van der Waals surface area contributed by atoms with Gasteiger partial charge in [0.2, 0.25) is 0 Å². The van der Waals surface area contributed by atoms with Crippen LogP contribution in [0.1, 0.15) is 44.9 Å². The topological polar surface area (TPSA) is 62.0 Å². The molecule has 0 aromatic carbocycles. The first-order chi connectivity index (χ1) is 14.4. The van der Waals surface area contributed by atoms with Gasteiger partial charge in [0.15, 0.2) is 6.23 Å². The lowest BCUT2D eigenvalue weighted by atomic mass is 9.72. The molecule has 0 aromatic heterocycles. The molecule has 8 heteroatoms. The number of epoxide rings is 1. The van der Waals surface area contributed by atoms with Gasteiger partial charge in [-0.05, 0) is 44.9 Å². The molecular formula is C21H34N4O4. The Morgan fingerprint density at radius 1 is 0.931 bits per heavy atom. The van der Waals surface area contributed by atoms with Crippen LogP contribution in [0.25, 0.3) is 0 Å². The highest BCUT2D eigenvalue weighted by atomic mass is 16.6. The van der Waals surface area contributed by atoms with E-state index in [0.29, 0.717) is 5.92 Å². The van der Waals surface area contributed by atoms with Crippen molar-refractivity contribution in [2.24, 2.45) is 5.92 Å². The largest absolute Gasteiger partial charge is 0.475 e. The van der Waals surface area contributed by atoms with Crippen LogP contribution in [0.15, 0.2) is 12.5 Å². The fraction of sp³-hybridized carbons (Fsp3) is 0.905. The molecule has 1 N–H and O–H groups in total. The van der Waals surface area contributed by atoms with Crippen LogP contribution in [0.4, 0.5) is 0 Å². The third kappa shape index (κ3) is 3.03.